The molecule has 3 fully saturated rings. The Labute approximate surface area is 172 Å². The van der Waals surface area contributed by atoms with E-state index < -0.39 is 0 Å². The van der Waals surface area contributed by atoms with Crippen LogP contribution in [0.2, 0.25) is 0 Å². The smallest absolute Gasteiger partial charge is 0.233 e. The second-order valence-corrected chi connectivity index (χ2v) is 8.71. The van der Waals surface area contributed by atoms with E-state index in [0.717, 1.165) is 38.8 Å². The maximum absolute atomic E-state index is 12.6. The number of hydrogen-bond acceptors (Lipinski definition) is 3. The van der Waals surface area contributed by atoms with Crippen LogP contribution in [0, 0.1) is 11.8 Å². The van der Waals surface area contributed by atoms with Gasteiger partial charge in [-0.25, -0.2) is 0 Å². The molecule has 3 atom stereocenters. The standard InChI is InChI=1S/C23H31N3O3/c27-21(12-15-26-22(28)18-10-4-5-11-19(18)23(26)29)24-16-20(25-13-6-7-14-25)17-8-2-1-3-9-17/h1-3,8-9,18-20H,4-7,10-16H2,(H,24,27)/p+1/t18-,19+,20-/m0/s1. The highest BCUT2D eigenvalue weighted by molar-refractivity contribution is 6.05. The molecule has 0 spiro atoms. The van der Waals surface area contributed by atoms with Crippen molar-refractivity contribution in [2.45, 2.75) is 51.0 Å². The minimum atomic E-state index is -0.138. The van der Waals surface area contributed by atoms with Gasteiger partial charge in [0.2, 0.25) is 17.7 Å². The summed E-state index contributed by atoms with van der Waals surface area (Å²) in [7, 11) is 0. The zero-order chi connectivity index (χ0) is 20.2. The number of nitrogens with one attached hydrogen (secondary N) is 2. The Bertz CT molecular complexity index is 721. The normalized spacial score (nSPS) is 25.9. The largest absolute Gasteiger partial charge is 0.350 e. The lowest BCUT2D eigenvalue weighted by atomic mass is 9.81. The Hall–Kier alpha value is -2.21. The summed E-state index contributed by atoms with van der Waals surface area (Å²) in [5.41, 5.74) is 1.25. The lowest BCUT2D eigenvalue weighted by molar-refractivity contribution is -0.918. The number of benzene rings is 1. The monoisotopic (exact) mass is 398 g/mol. The van der Waals surface area contributed by atoms with Crippen molar-refractivity contribution >= 4 is 17.7 Å². The molecule has 2 heterocycles. The number of hydrogen-bond donors (Lipinski definition) is 2. The van der Waals surface area contributed by atoms with Crippen molar-refractivity contribution in [1.82, 2.24) is 10.2 Å². The van der Waals surface area contributed by atoms with Crippen molar-refractivity contribution < 1.29 is 19.3 Å². The molecule has 4 rings (SSSR count). The molecule has 3 amide bonds. The first-order valence-electron chi connectivity index (χ1n) is 11.2. The first-order valence-corrected chi connectivity index (χ1v) is 11.2. The first kappa shape index (κ1) is 20.1. The molecule has 2 saturated heterocycles. The second-order valence-electron chi connectivity index (χ2n) is 8.71. The average Bonchev–Trinajstić information content (AvgIpc) is 3.36. The van der Waals surface area contributed by atoms with Gasteiger partial charge in [-0.2, -0.15) is 0 Å². The van der Waals surface area contributed by atoms with Crippen LogP contribution in [0.4, 0.5) is 0 Å². The third kappa shape index (κ3) is 4.37. The van der Waals surface area contributed by atoms with E-state index in [2.05, 4.69) is 17.4 Å². The van der Waals surface area contributed by atoms with Crippen LogP contribution in [-0.2, 0) is 14.4 Å². The zero-order valence-electron chi connectivity index (χ0n) is 17.1. The van der Waals surface area contributed by atoms with Crippen molar-refractivity contribution in [2.75, 3.05) is 26.2 Å². The molecule has 29 heavy (non-hydrogen) atoms. The van der Waals surface area contributed by atoms with Gasteiger partial charge >= 0.3 is 0 Å². The van der Waals surface area contributed by atoms with Crippen LogP contribution in [0.3, 0.4) is 0 Å². The van der Waals surface area contributed by atoms with E-state index in [1.807, 2.05) is 18.2 Å². The summed E-state index contributed by atoms with van der Waals surface area (Å²) < 4.78 is 0. The third-order valence-electron chi connectivity index (χ3n) is 6.94. The molecule has 2 N–H and O–H groups in total. The quantitative estimate of drug-likeness (QED) is 0.676. The van der Waals surface area contributed by atoms with Gasteiger partial charge in [0.15, 0.2) is 0 Å². The fourth-order valence-corrected chi connectivity index (χ4v) is 5.33. The van der Waals surface area contributed by atoms with Gasteiger partial charge in [-0.05, 0) is 12.8 Å². The summed E-state index contributed by atoms with van der Waals surface area (Å²) in [5, 5.41) is 3.07. The van der Waals surface area contributed by atoms with Gasteiger partial charge in [-0.15, -0.1) is 0 Å². The van der Waals surface area contributed by atoms with Gasteiger partial charge in [-0.1, -0.05) is 43.2 Å². The van der Waals surface area contributed by atoms with Crippen LogP contribution in [0.15, 0.2) is 30.3 Å². The number of quaternary nitrogens is 1. The molecule has 1 saturated carbocycles. The van der Waals surface area contributed by atoms with Crippen LogP contribution >= 0.6 is 0 Å². The van der Waals surface area contributed by atoms with Crippen LogP contribution in [0.1, 0.15) is 56.6 Å². The fourth-order valence-electron chi connectivity index (χ4n) is 5.33. The predicted molar refractivity (Wildman–Crippen MR) is 109 cm³/mol. The molecule has 156 valence electrons. The Morgan fingerprint density at radius 2 is 1.62 bits per heavy atom. The van der Waals surface area contributed by atoms with E-state index in [1.165, 1.54) is 28.2 Å². The van der Waals surface area contributed by atoms with Gasteiger partial charge in [-0.3, -0.25) is 19.3 Å². The summed E-state index contributed by atoms with van der Waals surface area (Å²) in [6.45, 7) is 3.07. The van der Waals surface area contributed by atoms with Gasteiger partial charge in [0.05, 0.1) is 31.5 Å². The first-order chi connectivity index (χ1) is 14.1. The molecular formula is C23H32N3O3+. The minimum absolute atomic E-state index is 0.0591. The fraction of sp³-hybridized carbons (Fsp3) is 0.609. The number of imide groups is 1. The molecule has 1 aromatic rings. The van der Waals surface area contributed by atoms with Crippen LogP contribution < -0.4 is 10.2 Å². The highest BCUT2D eigenvalue weighted by Gasteiger charge is 2.47. The average molecular weight is 399 g/mol. The maximum Gasteiger partial charge on any atom is 0.233 e. The van der Waals surface area contributed by atoms with Crippen molar-refractivity contribution in [3.63, 3.8) is 0 Å². The number of fused-ring (bicyclic) bond motifs is 1. The SMILES string of the molecule is O=C(CCN1C(=O)[C@H]2CCCC[C@H]2C1=O)NC[C@@H](c1ccccc1)[NH+]1CCCC1. The molecule has 0 unspecified atom stereocenters. The van der Waals surface area contributed by atoms with Crippen molar-refractivity contribution in [3.05, 3.63) is 35.9 Å². The van der Waals surface area contributed by atoms with E-state index in [0.29, 0.717) is 6.54 Å². The summed E-state index contributed by atoms with van der Waals surface area (Å²) in [6.07, 6.45) is 6.32. The molecule has 1 aromatic carbocycles. The predicted octanol–water partition coefficient (Wildman–Crippen LogP) is 1.09. The molecule has 0 bridgehead atoms. The highest BCUT2D eigenvalue weighted by Crippen LogP contribution is 2.37. The number of amides is 3. The van der Waals surface area contributed by atoms with Crippen LogP contribution in [0.5, 0.6) is 0 Å². The lowest BCUT2D eigenvalue weighted by Crippen LogP contribution is -3.11. The van der Waals surface area contributed by atoms with Crippen LogP contribution in [-0.4, -0.2) is 48.8 Å². The number of likely N-dealkylation sites (tertiary alicyclic amines) is 2. The number of nitrogens with zero attached hydrogens (tertiary/aromatic N) is 1. The van der Waals surface area contributed by atoms with Gasteiger partial charge in [0.25, 0.3) is 0 Å². The van der Waals surface area contributed by atoms with Gasteiger partial charge < -0.3 is 10.2 Å². The lowest BCUT2D eigenvalue weighted by Gasteiger charge is -2.25. The Balaban J connectivity index is 1.31. The molecule has 6 nitrogen and oxygen atoms in total. The molecule has 1 aliphatic carbocycles. The Kier molecular flexibility index (Phi) is 6.28. The summed E-state index contributed by atoms with van der Waals surface area (Å²) >= 11 is 0. The van der Waals surface area contributed by atoms with Crippen molar-refractivity contribution in [2.24, 2.45) is 11.8 Å². The van der Waals surface area contributed by atoms with E-state index in [4.69, 9.17) is 0 Å². The Morgan fingerprint density at radius 3 is 2.24 bits per heavy atom. The third-order valence-corrected chi connectivity index (χ3v) is 6.94. The Morgan fingerprint density at radius 1 is 1.00 bits per heavy atom. The van der Waals surface area contributed by atoms with E-state index >= 15 is 0 Å². The van der Waals surface area contributed by atoms with E-state index in [1.54, 1.807) is 0 Å². The summed E-state index contributed by atoms with van der Waals surface area (Å²) in [6, 6.07) is 10.6. The molecule has 0 radical (unpaired) electrons. The van der Waals surface area contributed by atoms with Crippen molar-refractivity contribution in [3.8, 4) is 0 Å². The zero-order valence-corrected chi connectivity index (χ0v) is 17.1. The summed E-state index contributed by atoms with van der Waals surface area (Å²) in [4.78, 5) is 40.5. The summed E-state index contributed by atoms with van der Waals surface area (Å²) in [5.74, 6) is -0.478. The number of carbonyl (C=O) groups is 3. The van der Waals surface area contributed by atoms with E-state index in [-0.39, 0.29) is 48.6 Å². The minimum Gasteiger partial charge on any atom is -0.350 e. The topological polar surface area (TPSA) is 70.9 Å². The van der Waals surface area contributed by atoms with Gasteiger partial charge in [0.1, 0.15) is 6.04 Å². The molecule has 6 heteroatoms. The number of carbonyl (C=O) groups excluding carboxylic acids is 3. The van der Waals surface area contributed by atoms with Crippen molar-refractivity contribution in [1.29, 1.82) is 0 Å². The molecule has 2 aliphatic heterocycles. The number of rotatable bonds is 7. The van der Waals surface area contributed by atoms with Gasteiger partial charge in [0, 0.05) is 31.4 Å². The second kappa shape index (κ2) is 9.08. The molecule has 3 aliphatic rings. The maximum atomic E-state index is 12.6. The van der Waals surface area contributed by atoms with Crippen LogP contribution in [0.25, 0.3) is 0 Å². The molecule has 0 aromatic heterocycles. The highest BCUT2D eigenvalue weighted by atomic mass is 16.2. The molecular weight excluding hydrogens is 366 g/mol. The van der Waals surface area contributed by atoms with E-state index in [9.17, 15) is 14.4 Å².